The molecule has 1 saturated heterocycles. The van der Waals surface area contributed by atoms with Gasteiger partial charge in [-0.15, -0.1) is 11.8 Å². The minimum atomic E-state index is -0.134. The molecule has 3 nitrogen and oxygen atoms in total. The fraction of sp³-hybridized carbons (Fsp3) is 0.429. The highest BCUT2D eigenvalue weighted by Gasteiger charge is 2.23. The monoisotopic (exact) mass is 357 g/mol. The second-order valence-corrected chi connectivity index (χ2v) is 8.13. The first-order valence-electron chi connectivity index (χ1n) is 8.85. The van der Waals surface area contributed by atoms with E-state index in [9.17, 15) is 5.11 Å². The zero-order valence-corrected chi connectivity index (χ0v) is 16.1. The number of rotatable bonds is 6. The summed E-state index contributed by atoms with van der Waals surface area (Å²) in [6, 6.07) is 14.3. The second kappa shape index (κ2) is 7.61. The molecule has 0 spiro atoms. The Morgan fingerprint density at radius 3 is 2.40 bits per heavy atom. The van der Waals surface area contributed by atoms with E-state index in [1.165, 1.54) is 24.1 Å². The third-order valence-corrected chi connectivity index (χ3v) is 5.60. The van der Waals surface area contributed by atoms with Crippen molar-refractivity contribution < 1.29 is 9.84 Å². The molecule has 2 aromatic rings. The van der Waals surface area contributed by atoms with Crippen molar-refractivity contribution in [1.82, 2.24) is 0 Å². The Morgan fingerprint density at radius 2 is 1.76 bits per heavy atom. The van der Waals surface area contributed by atoms with E-state index < -0.39 is 0 Å². The van der Waals surface area contributed by atoms with Crippen LogP contribution in [-0.2, 0) is 5.41 Å². The van der Waals surface area contributed by atoms with Crippen molar-refractivity contribution in [3.8, 4) is 11.5 Å². The molecule has 0 amide bonds. The summed E-state index contributed by atoms with van der Waals surface area (Å²) in [4.78, 5) is 3.53. The summed E-state index contributed by atoms with van der Waals surface area (Å²) in [5.41, 5.74) is 2.42. The highest BCUT2D eigenvalue weighted by molar-refractivity contribution is 7.98. The topological polar surface area (TPSA) is 32.7 Å². The van der Waals surface area contributed by atoms with E-state index in [0.717, 1.165) is 18.0 Å². The SMILES string of the molecule is CSc1ccc(O)c(OCC(C)(C)c2ccc(N3CCCC3)cc2)c1. The van der Waals surface area contributed by atoms with Crippen LogP contribution >= 0.6 is 11.8 Å². The Morgan fingerprint density at radius 1 is 1.08 bits per heavy atom. The predicted octanol–water partition coefficient (Wildman–Crippen LogP) is 5.07. The number of thioether (sulfide) groups is 1. The highest BCUT2D eigenvalue weighted by Crippen LogP contribution is 2.33. The van der Waals surface area contributed by atoms with Crippen molar-refractivity contribution in [3.05, 3.63) is 48.0 Å². The number of hydrogen-bond acceptors (Lipinski definition) is 4. The second-order valence-electron chi connectivity index (χ2n) is 7.25. The van der Waals surface area contributed by atoms with Crippen LogP contribution in [0, 0.1) is 0 Å². The van der Waals surface area contributed by atoms with Crippen LogP contribution in [0.1, 0.15) is 32.3 Å². The number of nitrogens with zero attached hydrogens (tertiary/aromatic N) is 1. The van der Waals surface area contributed by atoms with Gasteiger partial charge in [-0.1, -0.05) is 26.0 Å². The summed E-state index contributed by atoms with van der Waals surface area (Å²) in [6.45, 7) is 7.19. The molecule has 0 bridgehead atoms. The van der Waals surface area contributed by atoms with Gasteiger partial charge >= 0.3 is 0 Å². The fourth-order valence-electron chi connectivity index (χ4n) is 3.18. The summed E-state index contributed by atoms with van der Waals surface area (Å²) in [7, 11) is 0. The zero-order chi connectivity index (χ0) is 17.9. The van der Waals surface area contributed by atoms with Crippen LogP contribution in [0.2, 0.25) is 0 Å². The van der Waals surface area contributed by atoms with Gasteiger partial charge < -0.3 is 14.7 Å². The molecule has 0 unspecified atom stereocenters. The molecule has 1 aliphatic heterocycles. The molecule has 0 atom stereocenters. The van der Waals surface area contributed by atoms with Gasteiger partial charge in [-0.05, 0) is 55.0 Å². The molecule has 25 heavy (non-hydrogen) atoms. The number of ether oxygens (including phenoxy) is 1. The first-order chi connectivity index (χ1) is 12.0. The molecule has 1 aliphatic rings. The van der Waals surface area contributed by atoms with E-state index in [-0.39, 0.29) is 11.2 Å². The van der Waals surface area contributed by atoms with Crippen molar-refractivity contribution in [2.24, 2.45) is 0 Å². The lowest BCUT2D eigenvalue weighted by molar-refractivity contribution is 0.231. The molecule has 3 rings (SSSR count). The molecule has 1 heterocycles. The van der Waals surface area contributed by atoms with Crippen molar-refractivity contribution in [3.63, 3.8) is 0 Å². The lowest BCUT2D eigenvalue weighted by Crippen LogP contribution is -2.26. The number of aromatic hydroxyl groups is 1. The Hall–Kier alpha value is -1.81. The van der Waals surface area contributed by atoms with Gasteiger partial charge in [0.05, 0.1) is 6.61 Å². The largest absolute Gasteiger partial charge is 0.504 e. The average Bonchev–Trinajstić information content (AvgIpc) is 3.16. The molecule has 4 heteroatoms. The number of hydrogen-bond donors (Lipinski definition) is 1. The van der Waals surface area contributed by atoms with Gasteiger partial charge in [-0.2, -0.15) is 0 Å². The van der Waals surface area contributed by atoms with Crippen molar-refractivity contribution in [2.75, 3.05) is 30.9 Å². The molecule has 2 aromatic carbocycles. The van der Waals surface area contributed by atoms with Gasteiger partial charge in [-0.25, -0.2) is 0 Å². The van der Waals surface area contributed by atoms with Crippen LogP contribution < -0.4 is 9.64 Å². The maximum atomic E-state index is 10.0. The Labute approximate surface area is 155 Å². The maximum Gasteiger partial charge on any atom is 0.162 e. The molecule has 0 aromatic heterocycles. The number of anilines is 1. The van der Waals surface area contributed by atoms with Crippen LogP contribution in [0.3, 0.4) is 0 Å². The van der Waals surface area contributed by atoms with E-state index in [4.69, 9.17) is 4.74 Å². The third-order valence-electron chi connectivity index (χ3n) is 4.88. The van der Waals surface area contributed by atoms with Crippen LogP contribution in [0.25, 0.3) is 0 Å². The lowest BCUT2D eigenvalue weighted by atomic mass is 9.85. The summed E-state index contributed by atoms with van der Waals surface area (Å²) in [5.74, 6) is 0.742. The van der Waals surface area contributed by atoms with Gasteiger partial charge in [0, 0.05) is 29.1 Å². The van der Waals surface area contributed by atoms with Crippen molar-refractivity contribution >= 4 is 17.4 Å². The summed E-state index contributed by atoms with van der Waals surface area (Å²) in [6.07, 6.45) is 4.60. The number of phenolic OH excluding ortho intramolecular Hbond substituents is 1. The smallest absolute Gasteiger partial charge is 0.162 e. The van der Waals surface area contributed by atoms with Crippen LogP contribution in [0.15, 0.2) is 47.4 Å². The molecular formula is C21H27NO2S. The summed E-state index contributed by atoms with van der Waals surface area (Å²) < 4.78 is 5.95. The van der Waals surface area contributed by atoms with Crippen molar-refractivity contribution in [2.45, 2.75) is 37.0 Å². The highest BCUT2D eigenvalue weighted by atomic mass is 32.2. The lowest BCUT2D eigenvalue weighted by Gasteiger charge is -2.27. The van der Waals surface area contributed by atoms with Crippen LogP contribution in [0.5, 0.6) is 11.5 Å². The summed E-state index contributed by atoms with van der Waals surface area (Å²) in [5, 5.41) is 10.0. The average molecular weight is 358 g/mol. The van der Waals surface area contributed by atoms with Gasteiger partial charge in [0.1, 0.15) is 0 Å². The van der Waals surface area contributed by atoms with E-state index in [2.05, 4.69) is 43.0 Å². The molecular weight excluding hydrogens is 330 g/mol. The standard InChI is InChI=1S/C21H27NO2S/c1-21(2,15-24-20-14-18(25-3)10-11-19(20)23)16-6-8-17(9-7-16)22-12-4-5-13-22/h6-11,14,23H,4-5,12-13,15H2,1-3H3. The fourth-order valence-corrected chi connectivity index (χ4v) is 3.61. The van der Waals surface area contributed by atoms with Gasteiger partial charge in [0.2, 0.25) is 0 Å². The van der Waals surface area contributed by atoms with Gasteiger partial charge in [-0.3, -0.25) is 0 Å². The first-order valence-corrected chi connectivity index (χ1v) is 10.1. The molecule has 0 saturated carbocycles. The molecule has 1 fully saturated rings. The van der Waals surface area contributed by atoms with Gasteiger partial charge in [0.25, 0.3) is 0 Å². The third kappa shape index (κ3) is 4.24. The quantitative estimate of drug-likeness (QED) is 0.732. The summed E-state index contributed by atoms with van der Waals surface area (Å²) >= 11 is 1.64. The Bertz CT molecular complexity index is 706. The van der Waals surface area contributed by atoms with Crippen LogP contribution in [-0.4, -0.2) is 31.1 Å². The van der Waals surface area contributed by atoms with E-state index in [1.54, 1.807) is 17.8 Å². The van der Waals surface area contributed by atoms with Gasteiger partial charge in [0.15, 0.2) is 11.5 Å². The normalized spacial score (nSPS) is 14.8. The molecule has 134 valence electrons. The maximum absolute atomic E-state index is 10.0. The first kappa shape index (κ1) is 18.0. The zero-order valence-electron chi connectivity index (χ0n) is 15.3. The minimum Gasteiger partial charge on any atom is -0.504 e. The van der Waals surface area contributed by atoms with Crippen molar-refractivity contribution in [1.29, 1.82) is 0 Å². The van der Waals surface area contributed by atoms with E-state index in [0.29, 0.717) is 12.4 Å². The number of phenols is 1. The molecule has 0 aliphatic carbocycles. The Balaban J connectivity index is 1.69. The predicted molar refractivity (Wildman–Crippen MR) is 106 cm³/mol. The number of benzene rings is 2. The Kier molecular flexibility index (Phi) is 5.48. The molecule has 0 radical (unpaired) electrons. The minimum absolute atomic E-state index is 0.134. The van der Waals surface area contributed by atoms with E-state index in [1.807, 2.05) is 18.4 Å². The van der Waals surface area contributed by atoms with Crippen LogP contribution in [0.4, 0.5) is 5.69 Å². The molecule has 1 N–H and O–H groups in total. The van der Waals surface area contributed by atoms with E-state index >= 15 is 0 Å².